The van der Waals surface area contributed by atoms with Gasteiger partial charge in [0.2, 0.25) is 0 Å². The molecule has 17 heavy (non-hydrogen) atoms. The summed E-state index contributed by atoms with van der Waals surface area (Å²) in [5.74, 6) is -1.06. The molecule has 0 amide bonds. The molecule has 0 bridgehead atoms. The maximum Gasteiger partial charge on any atom is 0.352 e. The molecule has 0 atom stereocenters. The van der Waals surface area contributed by atoms with Crippen molar-refractivity contribution in [2.75, 3.05) is 0 Å². The molecule has 92 valence electrons. The van der Waals surface area contributed by atoms with Gasteiger partial charge in [0.15, 0.2) is 5.78 Å². The molecule has 0 spiro atoms. The van der Waals surface area contributed by atoms with Crippen LogP contribution in [0, 0.1) is 5.41 Å². The van der Waals surface area contributed by atoms with Crippen LogP contribution in [0.2, 0.25) is 0 Å². The first kappa shape index (κ1) is 11.9. The van der Waals surface area contributed by atoms with Gasteiger partial charge in [0.1, 0.15) is 5.69 Å². The van der Waals surface area contributed by atoms with Crippen LogP contribution in [-0.2, 0) is 6.54 Å². The van der Waals surface area contributed by atoms with Gasteiger partial charge in [-0.15, -0.1) is 0 Å². The maximum atomic E-state index is 11.3. The molecule has 0 aliphatic heterocycles. The molecule has 0 radical (unpaired) electrons. The zero-order chi connectivity index (χ0) is 12.6. The SMILES string of the molecule is CCC1(Cn2cc(C(C)=O)cc2C(=O)O)CC1. The summed E-state index contributed by atoms with van der Waals surface area (Å²) in [4.78, 5) is 22.4. The Kier molecular flexibility index (Phi) is 2.81. The van der Waals surface area contributed by atoms with Gasteiger partial charge in [-0.25, -0.2) is 4.79 Å². The van der Waals surface area contributed by atoms with E-state index < -0.39 is 5.97 Å². The first-order valence-corrected chi connectivity index (χ1v) is 5.92. The monoisotopic (exact) mass is 235 g/mol. The van der Waals surface area contributed by atoms with Crippen LogP contribution in [-0.4, -0.2) is 21.4 Å². The minimum atomic E-state index is -0.968. The minimum Gasteiger partial charge on any atom is -0.477 e. The summed E-state index contributed by atoms with van der Waals surface area (Å²) in [7, 11) is 0. The van der Waals surface area contributed by atoms with Gasteiger partial charge in [-0.1, -0.05) is 6.92 Å². The van der Waals surface area contributed by atoms with Crippen LogP contribution >= 0.6 is 0 Å². The van der Waals surface area contributed by atoms with E-state index in [4.69, 9.17) is 5.11 Å². The zero-order valence-corrected chi connectivity index (χ0v) is 10.2. The average Bonchev–Trinajstić information content (AvgIpc) is 2.89. The Labute approximate surface area is 100 Å². The first-order valence-electron chi connectivity index (χ1n) is 5.92. The fourth-order valence-electron chi connectivity index (χ4n) is 2.17. The highest BCUT2D eigenvalue weighted by atomic mass is 16.4. The molecule has 1 aliphatic carbocycles. The molecule has 0 aromatic carbocycles. The molecule has 1 aromatic rings. The second kappa shape index (κ2) is 4.02. The Bertz CT molecular complexity index is 469. The largest absolute Gasteiger partial charge is 0.477 e. The van der Waals surface area contributed by atoms with E-state index in [1.807, 2.05) is 0 Å². The van der Waals surface area contributed by atoms with Crippen molar-refractivity contribution < 1.29 is 14.7 Å². The smallest absolute Gasteiger partial charge is 0.352 e. The molecule has 0 unspecified atom stereocenters. The summed E-state index contributed by atoms with van der Waals surface area (Å²) in [5.41, 5.74) is 0.960. The molecule has 1 aliphatic rings. The van der Waals surface area contributed by atoms with Crippen molar-refractivity contribution in [3.63, 3.8) is 0 Å². The van der Waals surface area contributed by atoms with E-state index in [2.05, 4.69) is 6.92 Å². The zero-order valence-electron chi connectivity index (χ0n) is 10.2. The molecule has 2 rings (SSSR count). The number of Topliss-reactive ketones (excluding diaryl/α,β-unsaturated/α-hetero) is 1. The number of ketones is 1. The van der Waals surface area contributed by atoms with Crippen molar-refractivity contribution in [3.05, 3.63) is 23.5 Å². The topological polar surface area (TPSA) is 59.3 Å². The number of hydrogen-bond donors (Lipinski definition) is 1. The van der Waals surface area contributed by atoms with Crippen molar-refractivity contribution in [2.45, 2.75) is 39.7 Å². The Hall–Kier alpha value is -1.58. The summed E-state index contributed by atoms with van der Waals surface area (Å²) in [6.45, 7) is 4.29. The number of carbonyl (C=O) groups excluding carboxylic acids is 1. The summed E-state index contributed by atoms with van der Waals surface area (Å²) >= 11 is 0. The van der Waals surface area contributed by atoms with E-state index in [0.717, 1.165) is 19.3 Å². The molecule has 1 heterocycles. The Balaban J connectivity index is 2.31. The Morgan fingerprint density at radius 1 is 1.47 bits per heavy atom. The molecule has 4 heteroatoms. The van der Waals surface area contributed by atoms with E-state index in [1.165, 1.54) is 13.0 Å². The normalized spacial score (nSPS) is 16.8. The van der Waals surface area contributed by atoms with Gasteiger partial charge in [0.05, 0.1) is 0 Å². The van der Waals surface area contributed by atoms with E-state index in [9.17, 15) is 9.59 Å². The lowest BCUT2D eigenvalue weighted by Gasteiger charge is -2.14. The third-order valence-electron chi connectivity index (χ3n) is 3.74. The standard InChI is InChI=1S/C13H17NO3/c1-3-13(4-5-13)8-14-7-10(9(2)15)6-11(14)12(16)17/h6-7H,3-5,8H2,1-2H3,(H,16,17). The fraction of sp³-hybridized carbons (Fsp3) is 0.538. The van der Waals surface area contributed by atoms with Crippen LogP contribution in [0.15, 0.2) is 12.3 Å². The number of carboxylic acids is 1. The number of rotatable bonds is 5. The highest BCUT2D eigenvalue weighted by molar-refractivity contribution is 5.97. The fourth-order valence-corrected chi connectivity index (χ4v) is 2.17. The number of hydrogen-bond acceptors (Lipinski definition) is 2. The molecule has 1 aromatic heterocycles. The van der Waals surface area contributed by atoms with E-state index in [0.29, 0.717) is 12.1 Å². The quantitative estimate of drug-likeness (QED) is 0.798. The van der Waals surface area contributed by atoms with Crippen LogP contribution in [0.4, 0.5) is 0 Å². The van der Waals surface area contributed by atoms with Gasteiger partial charge >= 0.3 is 5.97 Å². The lowest BCUT2D eigenvalue weighted by Crippen LogP contribution is -2.14. The Morgan fingerprint density at radius 3 is 2.53 bits per heavy atom. The lowest BCUT2D eigenvalue weighted by atomic mass is 10.0. The van der Waals surface area contributed by atoms with E-state index in [1.54, 1.807) is 10.8 Å². The van der Waals surface area contributed by atoms with Crippen LogP contribution in [0.1, 0.15) is 54.0 Å². The van der Waals surface area contributed by atoms with Crippen molar-refractivity contribution in [3.8, 4) is 0 Å². The van der Waals surface area contributed by atoms with Gasteiger partial charge < -0.3 is 9.67 Å². The molecular weight excluding hydrogens is 218 g/mol. The van der Waals surface area contributed by atoms with Gasteiger partial charge in [-0.2, -0.15) is 0 Å². The molecule has 1 fully saturated rings. The minimum absolute atomic E-state index is 0.0902. The van der Waals surface area contributed by atoms with Gasteiger partial charge in [-0.3, -0.25) is 4.79 Å². The maximum absolute atomic E-state index is 11.3. The summed E-state index contributed by atoms with van der Waals surface area (Å²) < 4.78 is 1.72. The third-order valence-corrected chi connectivity index (χ3v) is 3.74. The molecular formula is C13H17NO3. The van der Waals surface area contributed by atoms with Gasteiger partial charge in [0, 0.05) is 18.3 Å². The van der Waals surface area contributed by atoms with Crippen molar-refractivity contribution >= 4 is 11.8 Å². The first-order chi connectivity index (χ1) is 7.97. The average molecular weight is 235 g/mol. The molecule has 4 nitrogen and oxygen atoms in total. The van der Waals surface area contributed by atoms with Gasteiger partial charge in [-0.05, 0) is 37.7 Å². The predicted molar refractivity (Wildman–Crippen MR) is 63.4 cm³/mol. The summed E-state index contributed by atoms with van der Waals surface area (Å²) in [6.07, 6.45) is 5.02. The van der Waals surface area contributed by atoms with E-state index >= 15 is 0 Å². The third kappa shape index (κ3) is 2.25. The lowest BCUT2D eigenvalue weighted by molar-refractivity contribution is 0.0683. The Morgan fingerprint density at radius 2 is 2.12 bits per heavy atom. The number of carbonyl (C=O) groups is 2. The number of nitrogens with zero attached hydrogens (tertiary/aromatic N) is 1. The second-order valence-electron chi connectivity index (χ2n) is 4.96. The van der Waals surface area contributed by atoms with Crippen LogP contribution in [0.25, 0.3) is 0 Å². The van der Waals surface area contributed by atoms with Crippen LogP contribution in [0.5, 0.6) is 0 Å². The van der Waals surface area contributed by atoms with Crippen LogP contribution in [0.3, 0.4) is 0 Å². The highest BCUT2D eigenvalue weighted by Crippen LogP contribution is 2.50. The molecule has 1 N–H and O–H groups in total. The van der Waals surface area contributed by atoms with Crippen molar-refractivity contribution in [1.82, 2.24) is 4.57 Å². The summed E-state index contributed by atoms with van der Waals surface area (Å²) in [6, 6.07) is 1.47. The predicted octanol–water partition coefficient (Wildman–Crippen LogP) is 2.58. The van der Waals surface area contributed by atoms with E-state index in [-0.39, 0.29) is 16.9 Å². The molecule has 0 saturated heterocycles. The van der Waals surface area contributed by atoms with Crippen molar-refractivity contribution in [2.24, 2.45) is 5.41 Å². The molecule has 1 saturated carbocycles. The number of aromatic carboxylic acids is 1. The van der Waals surface area contributed by atoms with Gasteiger partial charge in [0.25, 0.3) is 0 Å². The van der Waals surface area contributed by atoms with Crippen molar-refractivity contribution in [1.29, 1.82) is 0 Å². The number of aromatic nitrogens is 1. The highest BCUT2D eigenvalue weighted by Gasteiger charge is 2.41. The van der Waals surface area contributed by atoms with Crippen LogP contribution < -0.4 is 0 Å². The second-order valence-corrected chi connectivity index (χ2v) is 4.96. The summed E-state index contributed by atoms with van der Waals surface area (Å²) in [5, 5.41) is 9.12. The number of carboxylic acid groups (broad SMARTS) is 1.